The lowest BCUT2D eigenvalue weighted by atomic mass is 9.97. The van der Waals surface area contributed by atoms with Crippen LogP contribution in [0.25, 0.3) is 0 Å². The van der Waals surface area contributed by atoms with Crippen molar-refractivity contribution in [1.29, 1.82) is 0 Å². The lowest BCUT2D eigenvalue weighted by Crippen LogP contribution is -2.25. The largest absolute Gasteiger partial charge is 0.310 e. The highest BCUT2D eigenvalue weighted by Crippen LogP contribution is 2.22. The first kappa shape index (κ1) is 14.7. The molecule has 0 fully saturated rings. The first-order chi connectivity index (χ1) is 9.70. The monoisotopic (exact) mass is 272 g/mol. The highest BCUT2D eigenvalue weighted by molar-refractivity contribution is 5.28. The van der Waals surface area contributed by atoms with Gasteiger partial charge in [-0.2, -0.15) is 0 Å². The predicted octanol–water partition coefficient (Wildman–Crippen LogP) is 3.81. The SMILES string of the molecule is CCCNC(Cc1cccnc1)c1cc(C)ccc1F. The molecule has 20 heavy (non-hydrogen) atoms. The fourth-order valence-electron chi connectivity index (χ4n) is 2.30. The van der Waals surface area contributed by atoms with Crippen molar-refractivity contribution < 1.29 is 4.39 Å². The molecule has 1 unspecified atom stereocenters. The lowest BCUT2D eigenvalue weighted by molar-refractivity contribution is 0.496. The van der Waals surface area contributed by atoms with Gasteiger partial charge in [-0.15, -0.1) is 0 Å². The van der Waals surface area contributed by atoms with Crippen LogP contribution in [0.5, 0.6) is 0 Å². The maximum atomic E-state index is 14.1. The molecule has 0 aliphatic rings. The van der Waals surface area contributed by atoms with Gasteiger partial charge in [-0.05, 0) is 44.0 Å². The van der Waals surface area contributed by atoms with Gasteiger partial charge in [-0.25, -0.2) is 4.39 Å². The summed E-state index contributed by atoms with van der Waals surface area (Å²) in [7, 11) is 0. The molecule has 0 saturated heterocycles. The summed E-state index contributed by atoms with van der Waals surface area (Å²) in [4.78, 5) is 4.13. The molecule has 3 heteroatoms. The van der Waals surface area contributed by atoms with Crippen LogP contribution >= 0.6 is 0 Å². The molecule has 1 atom stereocenters. The number of rotatable bonds is 6. The summed E-state index contributed by atoms with van der Waals surface area (Å²) in [5, 5.41) is 3.43. The van der Waals surface area contributed by atoms with Crippen molar-refractivity contribution in [3.63, 3.8) is 0 Å². The molecule has 0 aliphatic heterocycles. The van der Waals surface area contributed by atoms with Crippen LogP contribution in [-0.4, -0.2) is 11.5 Å². The van der Waals surface area contributed by atoms with E-state index in [1.54, 1.807) is 18.3 Å². The Balaban J connectivity index is 2.24. The summed E-state index contributed by atoms with van der Waals surface area (Å²) >= 11 is 0. The van der Waals surface area contributed by atoms with Crippen molar-refractivity contribution in [2.75, 3.05) is 6.54 Å². The van der Waals surface area contributed by atoms with Gasteiger partial charge in [-0.3, -0.25) is 4.98 Å². The van der Waals surface area contributed by atoms with Crippen LogP contribution in [0, 0.1) is 12.7 Å². The lowest BCUT2D eigenvalue weighted by Gasteiger charge is -2.20. The van der Waals surface area contributed by atoms with Crippen LogP contribution < -0.4 is 5.32 Å². The van der Waals surface area contributed by atoms with E-state index in [4.69, 9.17) is 0 Å². The van der Waals surface area contributed by atoms with Crippen molar-refractivity contribution in [3.8, 4) is 0 Å². The minimum Gasteiger partial charge on any atom is -0.310 e. The summed E-state index contributed by atoms with van der Waals surface area (Å²) in [6, 6.07) is 9.21. The average molecular weight is 272 g/mol. The quantitative estimate of drug-likeness (QED) is 0.865. The molecule has 0 radical (unpaired) electrons. The molecular weight excluding hydrogens is 251 g/mol. The second-order valence-corrected chi connectivity index (χ2v) is 5.10. The van der Waals surface area contributed by atoms with E-state index in [0.29, 0.717) is 0 Å². The van der Waals surface area contributed by atoms with E-state index in [1.807, 2.05) is 31.3 Å². The van der Waals surface area contributed by atoms with Crippen LogP contribution in [0.1, 0.15) is 36.1 Å². The highest BCUT2D eigenvalue weighted by Gasteiger charge is 2.16. The van der Waals surface area contributed by atoms with E-state index in [0.717, 1.165) is 36.1 Å². The Kier molecular flexibility index (Phi) is 5.24. The Labute approximate surface area is 120 Å². The first-order valence-corrected chi connectivity index (χ1v) is 7.09. The zero-order valence-electron chi connectivity index (χ0n) is 12.1. The molecule has 2 aromatic rings. The fourth-order valence-corrected chi connectivity index (χ4v) is 2.30. The third-order valence-corrected chi connectivity index (χ3v) is 3.33. The Bertz CT molecular complexity index is 540. The smallest absolute Gasteiger partial charge is 0.128 e. The fraction of sp³-hybridized carbons (Fsp3) is 0.353. The van der Waals surface area contributed by atoms with E-state index in [1.165, 1.54) is 0 Å². The number of aryl methyl sites for hydroxylation is 1. The van der Waals surface area contributed by atoms with Crippen molar-refractivity contribution >= 4 is 0 Å². The van der Waals surface area contributed by atoms with E-state index in [2.05, 4.69) is 17.2 Å². The Hall–Kier alpha value is -1.74. The number of benzene rings is 1. The van der Waals surface area contributed by atoms with Gasteiger partial charge in [0, 0.05) is 24.0 Å². The second-order valence-electron chi connectivity index (χ2n) is 5.10. The molecular formula is C17H21FN2. The van der Waals surface area contributed by atoms with E-state index in [9.17, 15) is 4.39 Å². The number of pyridine rings is 1. The summed E-state index contributed by atoms with van der Waals surface area (Å²) in [6.45, 7) is 4.98. The van der Waals surface area contributed by atoms with Crippen LogP contribution in [0.2, 0.25) is 0 Å². The van der Waals surface area contributed by atoms with Crippen LogP contribution in [0.4, 0.5) is 4.39 Å². The van der Waals surface area contributed by atoms with E-state index >= 15 is 0 Å². The van der Waals surface area contributed by atoms with E-state index < -0.39 is 0 Å². The number of halogens is 1. The molecule has 2 rings (SSSR count). The Morgan fingerprint density at radius 1 is 1.30 bits per heavy atom. The van der Waals surface area contributed by atoms with Crippen molar-refractivity contribution in [3.05, 3.63) is 65.2 Å². The highest BCUT2D eigenvalue weighted by atomic mass is 19.1. The van der Waals surface area contributed by atoms with Gasteiger partial charge in [0.1, 0.15) is 5.82 Å². The number of aromatic nitrogens is 1. The summed E-state index contributed by atoms with van der Waals surface area (Å²) in [5.41, 5.74) is 2.93. The maximum Gasteiger partial charge on any atom is 0.128 e. The molecule has 2 nitrogen and oxygen atoms in total. The molecule has 0 amide bonds. The molecule has 1 aromatic carbocycles. The molecule has 0 bridgehead atoms. The molecule has 0 spiro atoms. The zero-order chi connectivity index (χ0) is 14.4. The topological polar surface area (TPSA) is 24.9 Å². The zero-order valence-corrected chi connectivity index (χ0v) is 12.1. The third-order valence-electron chi connectivity index (χ3n) is 3.33. The van der Waals surface area contributed by atoms with Gasteiger partial charge in [0.05, 0.1) is 0 Å². The second kappa shape index (κ2) is 7.15. The predicted molar refractivity (Wildman–Crippen MR) is 80.1 cm³/mol. The van der Waals surface area contributed by atoms with Crippen molar-refractivity contribution in [2.45, 2.75) is 32.7 Å². The van der Waals surface area contributed by atoms with Crippen LogP contribution in [-0.2, 0) is 6.42 Å². The summed E-state index contributed by atoms with van der Waals surface area (Å²) < 4.78 is 14.1. The van der Waals surface area contributed by atoms with Crippen molar-refractivity contribution in [1.82, 2.24) is 10.3 Å². The average Bonchev–Trinajstić information content (AvgIpc) is 2.47. The summed E-state index contributed by atoms with van der Waals surface area (Å²) in [5.74, 6) is -0.145. The molecule has 1 aromatic heterocycles. The number of hydrogen-bond acceptors (Lipinski definition) is 2. The van der Waals surface area contributed by atoms with Crippen LogP contribution in [0.15, 0.2) is 42.7 Å². The minimum absolute atomic E-state index is 0.0148. The number of nitrogens with zero attached hydrogens (tertiary/aromatic N) is 1. The normalized spacial score (nSPS) is 12.3. The molecule has 0 saturated carbocycles. The molecule has 1 heterocycles. The number of nitrogens with one attached hydrogen (secondary N) is 1. The van der Waals surface area contributed by atoms with E-state index in [-0.39, 0.29) is 11.9 Å². The van der Waals surface area contributed by atoms with Gasteiger partial charge in [0.2, 0.25) is 0 Å². The molecule has 106 valence electrons. The van der Waals surface area contributed by atoms with Crippen LogP contribution in [0.3, 0.4) is 0 Å². The first-order valence-electron chi connectivity index (χ1n) is 7.09. The number of hydrogen-bond donors (Lipinski definition) is 1. The standard InChI is InChI=1S/C17H21FN2/c1-3-8-20-17(11-14-5-4-9-19-12-14)15-10-13(2)6-7-16(15)18/h4-7,9-10,12,17,20H,3,8,11H2,1-2H3. The van der Waals surface area contributed by atoms with Crippen molar-refractivity contribution in [2.24, 2.45) is 0 Å². The Morgan fingerprint density at radius 3 is 2.85 bits per heavy atom. The van der Waals surface area contributed by atoms with Gasteiger partial charge < -0.3 is 5.32 Å². The van der Waals surface area contributed by atoms with Gasteiger partial charge in [0.15, 0.2) is 0 Å². The van der Waals surface area contributed by atoms with Gasteiger partial charge in [0.25, 0.3) is 0 Å². The minimum atomic E-state index is -0.145. The van der Waals surface area contributed by atoms with Gasteiger partial charge in [-0.1, -0.05) is 30.7 Å². The molecule has 0 aliphatic carbocycles. The molecule has 1 N–H and O–H groups in total. The maximum absolute atomic E-state index is 14.1. The summed E-state index contributed by atoms with van der Waals surface area (Å²) in [6.07, 6.45) is 5.37. The Morgan fingerprint density at radius 2 is 2.15 bits per heavy atom. The third kappa shape index (κ3) is 3.87. The van der Waals surface area contributed by atoms with Gasteiger partial charge >= 0.3 is 0 Å².